The number of rotatable bonds is 2. The fourth-order valence-electron chi connectivity index (χ4n) is 1.69. The quantitative estimate of drug-likeness (QED) is 0.768. The highest BCUT2D eigenvalue weighted by Crippen LogP contribution is 2.21. The van der Waals surface area contributed by atoms with Crippen molar-refractivity contribution in [3.8, 4) is 11.3 Å². The molecule has 1 saturated heterocycles. The van der Waals surface area contributed by atoms with E-state index < -0.39 is 0 Å². The minimum Gasteiger partial charge on any atom is -0.312 e. The van der Waals surface area contributed by atoms with E-state index >= 15 is 0 Å². The monoisotopic (exact) mass is 201 g/mol. The van der Waals surface area contributed by atoms with Gasteiger partial charge in [0.2, 0.25) is 0 Å². The Balaban J connectivity index is 2.01. The number of nitrogens with zero attached hydrogens (tertiary/aromatic N) is 4. The molecule has 0 bridgehead atoms. The summed E-state index contributed by atoms with van der Waals surface area (Å²) in [5.74, 6) is 0. The summed E-state index contributed by atoms with van der Waals surface area (Å²) in [6.45, 7) is 1.95. The summed E-state index contributed by atoms with van der Waals surface area (Å²) < 4.78 is 1.98. The third-order valence-electron chi connectivity index (χ3n) is 2.66. The standard InChI is InChI=1S/C10H11N5/c1-3-11-4-2-8(1)10-7-13-14-15(10)9-5-12-6-9/h1-4,7,9,12H,5-6H2. The van der Waals surface area contributed by atoms with Crippen molar-refractivity contribution in [3.05, 3.63) is 30.7 Å². The lowest BCUT2D eigenvalue weighted by Crippen LogP contribution is -2.44. The van der Waals surface area contributed by atoms with Crippen LogP contribution in [0.2, 0.25) is 0 Å². The normalized spacial score (nSPS) is 16.3. The minimum absolute atomic E-state index is 0.440. The van der Waals surface area contributed by atoms with Crippen molar-refractivity contribution in [2.75, 3.05) is 13.1 Å². The Morgan fingerprint density at radius 2 is 2.07 bits per heavy atom. The van der Waals surface area contributed by atoms with Crippen LogP contribution in [-0.4, -0.2) is 33.1 Å². The Bertz CT molecular complexity index is 446. The van der Waals surface area contributed by atoms with Gasteiger partial charge in [-0.15, -0.1) is 5.10 Å². The molecule has 1 aliphatic heterocycles. The summed E-state index contributed by atoms with van der Waals surface area (Å²) in [4.78, 5) is 4.00. The van der Waals surface area contributed by atoms with Gasteiger partial charge in [0, 0.05) is 31.0 Å². The zero-order valence-corrected chi connectivity index (χ0v) is 8.17. The Morgan fingerprint density at radius 1 is 1.27 bits per heavy atom. The van der Waals surface area contributed by atoms with Crippen LogP contribution in [0.1, 0.15) is 6.04 Å². The van der Waals surface area contributed by atoms with Crippen molar-refractivity contribution in [2.24, 2.45) is 0 Å². The second kappa shape index (κ2) is 3.43. The molecule has 2 aromatic rings. The smallest absolute Gasteiger partial charge is 0.0891 e. The van der Waals surface area contributed by atoms with Crippen LogP contribution in [0, 0.1) is 0 Å². The number of pyridine rings is 1. The van der Waals surface area contributed by atoms with E-state index in [1.165, 1.54) is 0 Å². The molecule has 0 spiro atoms. The lowest BCUT2D eigenvalue weighted by atomic mass is 10.1. The molecule has 15 heavy (non-hydrogen) atoms. The van der Waals surface area contributed by atoms with Gasteiger partial charge in [-0.1, -0.05) is 5.21 Å². The van der Waals surface area contributed by atoms with Gasteiger partial charge in [-0.05, 0) is 12.1 Å². The molecule has 3 rings (SSSR count). The second-order valence-electron chi connectivity index (χ2n) is 3.61. The van der Waals surface area contributed by atoms with Crippen molar-refractivity contribution in [1.29, 1.82) is 0 Å². The van der Waals surface area contributed by atoms with E-state index in [1.54, 1.807) is 18.6 Å². The van der Waals surface area contributed by atoms with Crippen LogP contribution in [0.15, 0.2) is 30.7 Å². The lowest BCUT2D eigenvalue weighted by Gasteiger charge is -2.28. The molecular formula is C10H11N5. The summed E-state index contributed by atoms with van der Waals surface area (Å²) >= 11 is 0. The van der Waals surface area contributed by atoms with Gasteiger partial charge in [-0.25, -0.2) is 4.68 Å². The summed E-state index contributed by atoms with van der Waals surface area (Å²) in [6, 6.07) is 4.39. The van der Waals surface area contributed by atoms with Crippen LogP contribution >= 0.6 is 0 Å². The molecule has 5 heteroatoms. The number of nitrogens with one attached hydrogen (secondary N) is 1. The van der Waals surface area contributed by atoms with Gasteiger partial charge in [0.15, 0.2) is 0 Å². The highest BCUT2D eigenvalue weighted by molar-refractivity contribution is 5.57. The highest BCUT2D eigenvalue weighted by Gasteiger charge is 2.22. The van der Waals surface area contributed by atoms with Crippen LogP contribution in [0.25, 0.3) is 11.3 Å². The summed E-state index contributed by atoms with van der Waals surface area (Å²) in [7, 11) is 0. The van der Waals surface area contributed by atoms with Crippen LogP contribution in [0.5, 0.6) is 0 Å². The Kier molecular flexibility index (Phi) is 1.96. The molecule has 0 unspecified atom stereocenters. The molecule has 3 heterocycles. The van der Waals surface area contributed by atoms with Crippen molar-refractivity contribution < 1.29 is 0 Å². The molecule has 0 aromatic carbocycles. The molecule has 0 atom stereocenters. The average Bonchev–Trinajstić information content (AvgIpc) is 2.65. The zero-order chi connectivity index (χ0) is 10.1. The maximum Gasteiger partial charge on any atom is 0.0891 e. The van der Waals surface area contributed by atoms with Gasteiger partial charge < -0.3 is 5.32 Å². The van der Waals surface area contributed by atoms with E-state index in [1.807, 2.05) is 16.8 Å². The fourth-order valence-corrected chi connectivity index (χ4v) is 1.69. The SMILES string of the molecule is c1cc(-c2cnnn2C2CNC2)ccn1. The van der Waals surface area contributed by atoms with Crippen molar-refractivity contribution in [3.63, 3.8) is 0 Å². The maximum atomic E-state index is 4.12. The predicted molar refractivity (Wildman–Crippen MR) is 55.2 cm³/mol. The molecule has 76 valence electrons. The molecule has 1 N–H and O–H groups in total. The Hall–Kier alpha value is -1.75. The Labute approximate surface area is 87.1 Å². The van der Waals surface area contributed by atoms with Crippen molar-refractivity contribution in [2.45, 2.75) is 6.04 Å². The molecule has 2 aromatic heterocycles. The Morgan fingerprint density at radius 3 is 2.73 bits per heavy atom. The van der Waals surface area contributed by atoms with Crippen molar-refractivity contribution >= 4 is 0 Å². The largest absolute Gasteiger partial charge is 0.312 e. The average molecular weight is 201 g/mol. The fraction of sp³-hybridized carbons (Fsp3) is 0.300. The van der Waals surface area contributed by atoms with Crippen LogP contribution < -0.4 is 5.32 Å². The predicted octanol–water partition coefficient (Wildman–Crippen LogP) is 0.484. The first-order valence-electron chi connectivity index (χ1n) is 4.96. The van der Waals surface area contributed by atoms with Gasteiger partial charge in [0.25, 0.3) is 0 Å². The molecule has 1 aliphatic rings. The maximum absolute atomic E-state index is 4.12. The third-order valence-corrected chi connectivity index (χ3v) is 2.66. The molecule has 0 amide bonds. The van der Waals surface area contributed by atoms with Crippen molar-refractivity contribution in [1.82, 2.24) is 25.3 Å². The van der Waals surface area contributed by atoms with Gasteiger partial charge in [0.1, 0.15) is 0 Å². The van der Waals surface area contributed by atoms with Crippen LogP contribution in [-0.2, 0) is 0 Å². The van der Waals surface area contributed by atoms with Gasteiger partial charge in [-0.2, -0.15) is 0 Å². The highest BCUT2D eigenvalue weighted by atomic mass is 15.5. The number of hydrogen-bond acceptors (Lipinski definition) is 4. The van der Waals surface area contributed by atoms with Gasteiger partial charge >= 0.3 is 0 Å². The molecule has 5 nitrogen and oxygen atoms in total. The summed E-state index contributed by atoms with van der Waals surface area (Å²) in [6.07, 6.45) is 5.37. The summed E-state index contributed by atoms with van der Waals surface area (Å²) in [5, 5.41) is 11.3. The first-order valence-corrected chi connectivity index (χ1v) is 4.96. The van der Waals surface area contributed by atoms with Gasteiger partial charge in [0.05, 0.1) is 17.9 Å². The zero-order valence-electron chi connectivity index (χ0n) is 8.17. The third kappa shape index (κ3) is 1.41. The van der Waals surface area contributed by atoms with E-state index in [4.69, 9.17) is 0 Å². The number of aromatic nitrogens is 4. The van der Waals surface area contributed by atoms with E-state index in [2.05, 4.69) is 20.6 Å². The molecular weight excluding hydrogens is 190 g/mol. The first-order chi connectivity index (χ1) is 7.45. The van der Waals surface area contributed by atoms with E-state index in [0.717, 1.165) is 24.3 Å². The van der Waals surface area contributed by atoms with E-state index in [9.17, 15) is 0 Å². The van der Waals surface area contributed by atoms with E-state index in [-0.39, 0.29) is 0 Å². The molecule has 0 saturated carbocycles. The topological polar surface area (TPSA) is 55.6 Å². The van der Waals surface area contributed by atoms with Gasteiger partial charge in [-0.3, -0.25) is 4.98 Å². The van der Waals surface area contributed by atoms with Crippen LogP contribution in [0.4, 0.5) is 0 Å². The van der Waals surface area contributed by atoms with E-state index in [0.29, 0.717) is 6.04 Å². The molecule has 1 fully saturated rings. The second-order valence-corrected chi connectivity index (χ2v) is 3.61. The van der Waals surface area contributed by atoms with Crippen LogP contribution in [0.3, 0.4) is 0 Å². The number of hydrogen-bond donors (Lipinski definition) is 1. The first kappa shape index (κ1) is 8.55. The molecule has 0 aliphatic carbocycles. The lowest BCUT2D eigenvalue weighted by molar-refractivity contribution is 0.315. The minimum atomic E-state index is 0.440. The molecule has 0 radical (unpaired) electrons. The summed E-state index contributed by atoms with van der Waals surface area (Å²) in [5.41, 5.74) is 2.17.